The molecule has 2 fully saturated rings. The van der Waals surface area contributed by atoms with Crippen LogP contribution in [0.4, 0.5) is 0 Å². The zero-order chi connectivity index (χ0) is 13.7. The quantitative estimate of drug-likeness (QED) is 0.690. The number of carbonyl (C=O) groups excluding carboxylic acids is 1. The SMILES string of the molecule is C[C@@H]1CN(C(=O)C(N)C(C)(C)C)[C@H]2[C@@H]1OC[C@@H]2O. The van der Waals surface area contributed by atoms with Crippen LogP contribution in [0.1, 0.15) is 27.7 Å². The molecule has 1 unspecified atom stereocenters. The molecule has 5 atom stereocenters. The van der Waals surface area contributed by atoms with E-state index < -0.39 is 12.1 Å². The van der Waals surface area contributed by atoms with Crippen LogP contribution in [0.25, 0.3) is 0 Å². The summed E-state index contributed by atoms with van der Waals surface area (Å²) in [6.45, 7) is 8.84. The van der Waals surface area contributed by atoms with Crippen LogP contribution in [-0.4, -0.2) is 53.4 Å². The van der Waals surface area contributed by atoms with Gasteiger partial charge in [0.15, 0.2) is 0 Å². The minimum Gasteiger partial charge on any atom is -0.388 e. The van der Waals surface area contributed by atoms with Gasteiger partial charge in [-0.15, -0.1) is 0 Å². The number of carbonyl (C=O) groups is 1. The zero-order valence-electron chi connectivity index (χ0n) is 11.6. The van der Waals surface area contributed by atoms with E-state index in [2.05, 4.69) is 0 Å². The topological polar surface area (TPSA) is 75.8 Å². The van der Waals surface area contributed by atoms with Crippen LogP contribution in [0.5, 0.6) is 0 Å². The summed E-state index contributed by atoms with van der Waals surface area (Å²) in [6, 6.07) is -0.767. The smallest absolute Gasteiger partial charge is 0.240 e. The molecular formula is C13H24N2O3. The maximum Gasteiger partial charge on any atom is 0.240 e. The maximum absolute atomic E-state index is 12.5. The standard InChI is InChI=1S/C13H24N2O3/c1-7-5-15(9-8(16)6-18-10(7)9)12(17)11(14)13(2,3)4/h7-11,16H,5-6,14H2,1-4H3/t7-,8+,9-,10-,11?/m1/s1. The zero-order valence-corrected chi connectivity index (χ0v) is 11.6. The van der Waals surface area contributed by atoms with Crippen LogP contribution in [0.15, 0.2) is 0 Å². The Morgan fingerprint density at radius 1 is 1.50 bits per heavy atom. The Hall–Kier alpha value is -0.650. The summed E-state index contributed by atoms with van der Waals surface area (Å²) in [6.07, 6.45) is -0.632. The van der Waals surface area contributed by atoms with Crippen LogP contribution in [0.2, 0.25) is 0 Å². The lowest BCUT2D eigenvalue weighted by molar-refractivity contribution is -0.137. The Balaban J connectivity index is 2.16. The lowest BCUT2D eigenvalue weighted by Crippen LogP contribution is -2.54. The van der Waals surface area contributed by atoms with Crippen molar-refractivity contribution in [3.63, 3.8) is 0 Å². The van der Waals surface area contributed by atoms with E-state index in [4.69, 9.17) is 10.5 Å². The van der Waals surface area contributed by atoms with Crippen LogP contribution in [0, 0.1) is 11.3 Å². The second-order valence-corrected chi connectivity index (χ2v) is 6.67. The summed E-state index contributed by atoms with van der Waals surface area (Å²) < 4.78 is 5.56. The number of nitrogens with two attached hydrogens (primary N) is 1. The van der Waals surface area contributed by atoms with Gasteiger partial charge in [0, 0.05) is 12.5 Å². The number of aliphatic hydroxyl groups is 1. The van der Waals surface area contributed by atoms with Gasteiger partial charge < -0.3 is 20.5 Å². The molecule has 0 radical (unpaired) electrons. The van der Waals surface area contributed by atoms with E-state index in [1.807, 2.05) is 27.7 Å². The number of aliphatic hydroxyl groups excluding tert-OH is 1. The Morgan fingerprint density at radius 3 is 2.67 bits per heavy atom. The van der Waals surface area contributed by atoms with Crippen molar-refractivity contribution in [1.82, 2.24) is 4.90 Å². The summed E-state index contributed by atoms with van der Waals surface area (Å²) in [7, 11) is 0. The third-order valence-corrected chi connectivity index (χ3v) is 4.08. The Kier molecular flexibility index (Phi) is 3.42. The second-order valence-electron chi connectivity index (χ2n) is 6.67. The molecule has 2 heterocycles. The summed E-state index contributed by atoms with van der Waals surface area (Å²) >= 11 is 0. The number of likely N-dealkylation sites (tertiary alicyclic amines) is 1. The average molecular weight is 256 g/mol. The highest BCUT2D eigenvalue weighted by Crippen LogP contribution is 2.34. The largest absolute Gasteiger partial charge is 0.388 e. The molecule has 0 saturated carbocycles. The molecule has 2 saturated heterocycles. The van der Waals surface area contributed by atoms with Gasteiger partial charge in [-0.2, -0.15) is 0 Å². The molecule has 18 heavy (non-hydrogen) atoms. The number of fused-ring (bicyclic) bond motifs is 1. The lowest BCUT2D eigenvalue weighted by Gasteiger charge is -2.33. The Morgan fingerprint density at radius 2 is 2.11 bits per heavy atom. The van der Waals surface area contributed by atoms with Gasteiger partial charge in [-0.25, -0.2) is 0 Å². The number of amides is 1. The fraction of sp³-hybridized carbons (Fsp3) is 0.923. The second kappa shape index (κ2) is 4.47. The van der Waals surface area contributed by atoms with Crippen LogP contribution in [0.3, 0.4) is 0 Å². The van der Waals surface area contributed by atoms with Crippen molar-refractivity contribution in [1.29, 1.82) is 0 Å². The summed E-state index contributed by atoms with van der Waals surface area (Å²) in [4.78, 5) is 14.2. The molecule has 104 valence electrons. The Labute approximate surface area is 108 Å². The average Bonchev–Trinajstić information content (AvgIpc) is 2.78. The van der Waals surface area contributed by atoms with Gasteiger partial charge in [-0.3, -0.25) is 4.79 Å². The first-order chi connectivity index (χ1) is 8.23. The number of rotatable bonds is 1. The summed E-state index contributed by atoms with van der Waals surface area (Å²) in [5, 5.41) is 9.96. The highest BCUT2D eigenvalue weighted by atomic mass is 16.5. The van der Waals surface area contributed by atoms with Crippen LogP contribution >= 0.6 is 0 Å². The van der Waals surface area contributed by atoms with E-state index >= 15 is 0 Å². The molecule has 2 rings (SSSR count). The van der Waals surface area contributed by atoms with Crippen molar-refractivity contribution in [2.45, 2.75) is 52.0 Å². The lowest BCUT2D eigenvalue weighted by atomic mass is 9.86. The number of hydrogen-bond acceptors (Lipinski definition) is 4. The van der Waals surface area contributed by atoms with Crippen molar-refractivity contribution >= 4 is 5.91 Å². The fourth-order valence-electron chi connectivity index (χ4n) is 2.83. The van der Waals surface area contributed by atoms with Gasteiger partial charge in [-0.05, 0) is 5.41 Å². The molecule has 5 nitrogen and oxygen atoms in total. The fourth-order valence-corrected chi connectivity index (χ4v) is 2.83. The molecule has 3 N–H and O–H groups in total. The monoisotopic (exact) mass is 256 g/mol. The van der Waals surface area contributed by atoms with Gasteiger partial charge in [0.25, 0.3) is 0 Å². The molecule has 0 aromatic carbocycles. The van der Waals surface area contributed by atoms with Crippen molar-refractivity contribution < 1.29 is 14.6 Å². The van der Waals surface area contributed by atoms with Crippen molar-refractivity contribution in [3.05, 3.63) is 0 Å². The minimum atomic E-state index is -0.587. The third-order valence-electron chi connectivity index (χ3n) is 4.08. The van der Waals surface area contributed by atoms with Gasteiger partial charge in [0.1, 0.15) is 6.10 Å². The van der Waals surface area contributed by atoms with E-state index in [1.54, 1.807) is 4.90 Å². The number of ether oxygens (including phenoxy) is 1. The predicted molar refractivity (Wildman–Crippen MR) is 67.8 cm³/mol. The van der Waals surface area contributed by atoms with E-state index in [0.29, 0.717) is 13.2 Å². The van der Waals surface area contributed by atoms with Gasteiger partial charge in [0.05, 0.1) is 24.8 Å². The molecule has 0 aromatic rings. The van der Waals surface area contributed by atoms with Gasteiger partial charge >= 0.3 is 0 Å². The van der Waals surface area contributed by atoms with E-state index in [1.165, 1.54) is 0 Å². The maximum atomic E-state index is 12.5. The predicted octanol–water partition coefficient (Wildman–Crippen LogP) is -0.0336. The molecule has 2 aliphatic rings. The third kappa shape index (κ3) is 2.15. The van der Waals surface area contributed by atoms with E-state index in [0.717, 1.165) is 0 Å². The molecule has 2 aliphatic heterocycles. The van der Waals surface area contributed by atoms with Crippen molar-refractivity contribution in [2.75, 3.05) is 13.2 Å². The summed E-state index contributed by atoms with van der Waals surface area (Å²) in [5.41, 5.74) is 5.76. The highest BCUT2D eigenvalue weighted by molar-refractivity contribution is 5.83. The first kappa shape index (κ1) is 13.8. The normalized spacial score (nSPS) is 37.8. The Bertz CT molecular complexity index is 340. The first-order valence-corrected chi connectivity index (χ1v) is 6.59. The molecule has 5 heteroatoms. The molecular weight excluding hydrogens is 232 g/mol. The highest BCUT2D eigenvalue weighted by Gasteiger charge is 2.51. The number of nitrogens with zero attached hydrogens (tertiary/aromatic N) is 1. The number of hydrogen-bond donors (Lipinski definition) is 2. The molecule has 1 amide bonds. The minimum absolute atomic E-state index is 0.0453. The van der Waals surface area contributed by atoms with Gasteiger partial charge in [-0.1, -0.05) is 27.7 Å². The van der Waals surface area contributed by atoms with Crippen LogP contribution in [-0.2, 0) is 9.53 Å². The summed E-state index contributed by atoms with van der Waals surface area (Å²) in [5.74, 6) is 0.176. The van der Waals surface area contributed by atoms with Gasteiger partial charge in [0.2, 0.25) is 5.91 Å². The molecule has 0 spiro atoms. The first-order valence-electron chi connectivity index (χ1n) is 6.59. The molecule has 0 aromatic heterocycles. The van der Waals surface area contributed by atoms with E-state index in [-0.39, 0.29) is 29.4 Å². The molecule has 0 aliphatic carbocycles. The molecule has 0 bridgehead atoms. The van der Waals surface area contributed by atoms with Crippen LogP contribution < -0.4 is 5.73 Å². The van der Waals surface area contributed by atoms with E-state index in [9.17, 15) is 9.90 Å². The van der Waals surface area contributed by atoms with Crippen molar-refractivity contribution in [3.8, 4) is 0 Å². The van der Waals surface area contributed by atoms with Crippen molar-refractivity contribution in [2.24, 2.45) is 17.1 Å².